The number of nitrogens with zero attached hydrogens (tertiary/aromatic N) is 8. The molecule has 3 aliphatic heterocycles. The van der Waals surface area contributed by atoms with Crippen molar-refractivity contribution in [3.8, 4) is 22.9 Å². The number of hydrogen-bond donors (Lipinski definition) is 0. The van der Waals surface area contributed by atoms with E-state index in [9.17, 15) is 14.9 Å². The summed E-state index contributed by atoms with van der Waals surface area (Å²) in [5.74, 6) is 0.581. The predicted octanol–water partition coefficient (Wildman–Crippen LogP) is 1.59. The van der Waals surface area contributed by atoms with Gasteiger partial charge in [-0.05, 0) is 18.9 Å². The van der Waals surface area contributed by atoms with E-state index in [0.717, 1.165) is 56.8 Å². The van der Waals surface area contributed by atoms with Crippen LogP contribution in [0.5, 0.6) is 5.75 Å². The maximum atomic E-state index is 13.1. The van der Waals surface area contributed by atoms with E-state index in [-0.39, 0.29) is 23.8 Å². The van der Waals surface area contributed by atoms with Gasteiger partial charge in [0, 0.05) is 75.4 Å². The summed E-state index contributed by atoms with van der Waals surface area (Å²) in [6, 6.07) is 4.24. The fourth-order valence-corrected chi connectivity index (χ4v) is 5.78. The van der Waals surface area contributed by atoms with Crippen LogP contribution in [0.2, 0.25) is 0 Å². The number of hydrogen-bond acceptors (Lipinski definition) is 8. The van der Waals surface area contributed by atoms with E-state index in [1.807, 2.05) is 40.3 Å². The fraction of sp³-hybridized carbons (Fsp3) is 0.483. The van der Waals surface area contributed by atoms with Gasteiger partial charge < -0.3 is 19.3 Å². The third kappa shape index (κ3) is 5.55. The van der Waals surface area contributed by atoms with E-state index >= 15 is 0 Å². The van der Waals surface area contributed by atoms with Crippen molar-refractivity contribution in [2.75, 3.05) is 66.1 Å². The van der Waals surface area contributed by atoms with Gasteiger partial charge in [-0.25, -0.2) is 4.52 Å². The van der Waals surface area contributed by atoms with Crippen LogP contribution >= 0.6 is 0 Å². The highest BCUT2D eigenvalue weighted by molar-refractivity contribution is 5.90. The fourth-order valence-electron chi connectivity index (χ4n) is 5.78. The molecule has 0 aromatic carbocycles. The summed E-state index contributed by atoms with van der Waals surface area (Å²) in [7, 11) is 1.58. The Kier molecular flexibility index (Phi) is 7.71. The van der Waals surface area contributed by atoms with E-state index < -0.39 is 0 Å². The van der Waals surface area contributed by atoms with Crippen LogP contribution in [-0.2, 0) is 14.3 Å². The zero-order valence-electron chi connectivity index (χ0n) is 23.2. The molecule has 0 saturated carbocycles. The summed E-state index contributed by atoms with van der Waals surface area (Å²) in [6.07, 6.45) is 12.4. The van der Waals surface area contributed by atoms with Crippen LogP contribution in [0.4, 0.5) is 0 Å². The van der Waals surface area contributed by atoms with Crippen molar-refractivity contribution in [3.05, 3.63) is 48.6 Å². The minimum atomic E-state index is -0.117. The molecule has 0 radical (unpaired) electrons. The molecule has 6 rings (SSSR count). The van der Waals surface area contributed by atoms with Gasteiger partial charge in [-0.15, -0.1) is 0 Å². The van der Waals surface area contributed by atoms with Gasteiger partial charge in [0.1, 0.15) is 22.9 Å². The van der Waals surface area contributed by atoms with Crippen LogP contribution in [0, 0.1) is 17.2 Å². The third-order valence-electron chi connectivity index (χ3n) is 8.27. The van der Waals surface area contributed by atoms with Crippen LogP contribution in [0.25, 0.3) is 16.6 Å². The van der Waals surface area contributed by atoms with Gasteiger partial charge in [0.2, 0.25) is 11.8 Å². The standard InChI is InChI=1S/C29H34N8O4/c1-40-26-13-21(19-37-28(26)22(14-30)15-32-37)23-16-31-36(20-23)25-4-7-34(8-5-25)29(39)24-17-35(18-24)27(38)3-2-6-33-9-11-41-12-10-33/h2-3,13,15-16,19-20,24-25H,4-12,17-18H2,1H3/b3-2+. The van der Waals surface area contributed by atoms with Crippen molar-refractivity contribution >= 4 is 17.3 Å². The SMILES string of the molecule is COc1cc(-c2cnn(C3CCN(C(=O)C4CN(C(=O)/C=C/CN5CCOCC5)C4)CC3)c2)cn2ncc(C#N)c12. The Morgan fingerprint density at radius 2 is 1.85 bits per heavy atom. The zero-order valence-corrected chi connectivity index (χ0v) is 23.2. The van der Waals surface area contributed by atoms with Gasteiger partial charge in [0.15, 0.2) is 0 Å². The normalized spacial score (nSPS) is 19.0. The van der Waals surface area contributed by atoms with Crippen molar-refractivity contribution in [3.63, 3.8) is 0 Å². The first-order valence-corrected chi connectivity index (χ1v) is 14.1. The van der Waals surface area contributed by atoms with Crippen LogP contribution in [0.15, 0.2) is 43.0 Å². The summed E-state index contributed by atoms with van der Waals surface area (Å²) >= 11 is 0. The molecule has 0 spiro atoms. The molecular formula is C29H34N8O4. The number of amides is 2. The van der Waals surface area contributed by atoms with Gasteiger partial charge in [-0.1, -0.05) is 6.08 Å². The number of aromatic nitrogens is 4. The lowest BCUT2D eigenvalue weighted by molar-refractivity contribution is -0.147. The maximum absolute atomic E-state index is 13.1. The molecule has 0 aliphatic carbocycles. The lowest BCUT2D eigenvalue weighted by Gasteiger charge is -2.41. The molecule has 0 atom stereocenters. The Labute approximate surface area is 238 Å². The van der Waals surface area contributed by atoms with Crippen LogP contribution < -0.4 is 4.74 Å². The number of likely N-dealkylation sites (tertiary alicyclic amines) is 2. The zero-order chi connectivity index (χ0) is 28.3. The first kappa shape index (κ1) is 27.0. The molecule has 3 aromatic rings. The van der Waals surface area contributed by atoms with E-state index in [2.05, 4.69) is 21.2 Å². The number of ether oxygens (including phenoxy) is 2. The molecule has 3 aromatic heterocycles. The molecule has 41 heavy (non-hydrogen) atoms. The van der Waals surface area contributed by atoms with Crippen molar-refractivity contribution < 1.29 is 19.1 Å². The van der Waals surface area contributed by atoms with Crippen molar-refractivity contribution in [2.24, 2.45) is 5.92 Å². The van der Waals surface area contributed by atoms with Crippen LogP contribution in [-0.4, -0.2) is 112 Å². The van der Waals surface area contributed by atoms with Crippen molar-refractivity contribution in [1.82, 2.24) is 34.1 Å². The topological polar surface area (TPSA) is 121 Å². The summed E-state index contributed by atoms with van der Waals surface area (Å²) < 4.78 is 14.5. The highest BCUT2D eigenvalue weighted by atomic mass is 16.5. The predicted molar refractivity (Wildman–Crippen MR) is 149 cm³/mol. The molecular weight excluding hydrogens is 524 g/mol. The monoisotopic (exact) mass is 558 g/mol. The Bertz CT molecular complexity index is 1480. The molecule has 3 saturated heterocycles. The molecule has 0 N–H and O–H groups in total. The smallest absolute Gasteiger partial charge is 0.246 e. The largest absolute Gasteiger partial charge is 0.494 e. The summed E-state index contributed by atoms with van der Waals surface area (Å²) in [6.45, 7) is 6.32. The number of morpholine rings is 1. The second-order valence-electron chi connectivity index (χ2n) is 10.8. The number of carbonyl (C=O) groups excluding carboxylic acids is 2. The summed E-state index contributed by atoms with van der Waals surface area (Å²) in [4.78, 5) is 31.5. The number of rotatable bonds is 7. The van der Waals surface area contributed by atoms with Crippen molar-refractivity contribution in [1.29, 1.82) is 5.26 Å². The molecule has 6 heterocycles. The molecule has 3 fully saturated rings. The summed E-state index contributed by atoms with van der Waals surface area (Å²) in [5.41, 5.74) is 2.92. The van der Waals surface area contributed by atoms with Gasteiger partial charge in [0.25, 0.3) is 0 Å². The number of carbonyl (C=O) groups is 2. The molecule has 0 bridgehead atoms. The molecule has 2 amide bonds. The molecule has 12 heteroatoms. The van der Waals surface area contributed by atoms with Gasteiger partial charge in [0.05, 0.1) is 44.7 Å². The highest BCUT2D eigenvalue weighted by Crippen LogP contribution is 2.31. The van der Waals surface area contributed by atoms with Gasteiger partial charge >= 0.3 is 0 Å². The van der Waals surface area contributed by atoms with E-state index in [4.69, 9.17) is 9.47 Å². The van der Waals surface area contributed by atoms with Crippen molar-refractivity contribution in [2.45, 2.75) is 18.9 Å². The Balaban J connectivity index is 0.994. The van der Waals surface area contributed by atoms with Crippen LogP contribution in [0.1, 0.15) is 24.4 Å². The number of fused-ring (bicyclic) bond motifs is 1. The minimum Gasteiger partial charge on any atom is -0.494 e. The first-order valence-electron chi connectivity index (χ1n) is 14.1. The lowest BCUT2D eigenvalue weighted by Crippen LogP contribution is -2.57. The van der Waals surface area contributed by atoms with Crippen LogP contribution in [0.3, 0.4) is 0 Å². The second kappa shape index (κ2) is 11.7. The van der Waals surface area contributed by atoms with E-state index in [1.54, 1.807) is 22.6 Å². The quantitative estimate of drug-likeness (QED) is 0.401. The highest BCUT2D eigenvalue weighted by Gasteiger charge is 2.38. The Hall–Kier alpha value is -4.21. The summed E-state index contributed by atoms with van der Waals surface area (Å²) in [5, 5.41) is 18.3. The number of pyridine rings is 1. The number of piperidine rings is 1. The molecule has 214 valence electrons. The Morgan fingerprint density at radius 1 is 1.07 bits per heavy atom. The molecule has 12 nitrogen and oxygen atoms in total. The minimum absolute atomic E-state index is 0.0228. The van der Waals surface area contributed by atoms with Gasteiger partial charge in [-0.2, -0.15) is 15.5 Å². The third-order valence-corrected chi connectivity index (χ3v) is 8.27. The first-order chi connectivity index (χ1) is 20.0. The molecule has 3 aliphatic rings. The van der Waals surface area contributed by atoms with Gasteiger partial charge in [-0.3, -0.25) is 19.2 Å². The average molecular weight is 559 g/mol. The molecule has 0 unspecified atom stereocenters. The van der Waals surface area contributed by atoms with E-state index in [0.29, 0.717) is 43.0 Å². The average Bonchev–Trinajstić information content (AvgIpc) is 3.64. The number of methoxy groups -OCH3 is 1. The number of nitriles is 1. The maximum Gasteiger partial charge on any atom is 0.246 e. The lowest BCUT2D eigenvalue weighted by atomic mass is 9.96. The second-order valence-corrected chi connectivity index (χ2v) is 10.8. The Morgan fingerprint density at radius 3 is 2.59 bits per heavy atom. The van der Waals surface area contributed by atoms with E-state index in [1.165, 1.54) is 6.20 Å².